The van der Waals surface area contributed by atoms with Crippen LogP contribution in [0.5, 0.6) is 5.75 Å². The van der Waals surface area contributed by atoms with Gasteiger partial charge in [-0.25, -0.2) is 0 Å². The van der Waals surface area contributed by atoms with Gasteiger partial charge in [0.15, 0.2) is 0 Å². The highest BCUT2D eigenvalue weighted by atomic mass is 16.5. The van der Waals surface area contributed by atoms with Crippen LogP contribution in [0.15, 0.2) is 54.6 Å². The van der Waals surface area contributed by atoms with Crippen molar-refractivity contribution in [1.29, 1.82) is 0 Å². The minimum atomic E-state index is 0.145. The Morgan fingerprint density at radius 2 is 1.88 bits per heavy atom. The second-order valence-corrected chi connectivity index (χ2v) is 9.46. The van der Waals surface area contributed by atoms with Crippen LogP contribution in [0.1, 0.15) is 78.9 Å². The van der Waals surface area contributed by atoms with Crippen molar-refractivity contribution < 1.29 is 9.53 Å². The van der Waals surface area contributed by atoms with Crippen molar-refractivity contribution in [1.82, 2.24) is 4.90 Å². The van der Waals surface area contributed by atoms with Crippen molar-refractivity contribution in [3.63, 3.8) is 0 Å². The van der Waals surface area contributed by atoms with Gasteiger partial charge in [-0.2, -0.15) is 0 Å². The van der Waals surface area contributed by atoms with E-state index in [1.165, 1.54) is 30.4 Å². The molecule has 4 heteroatoms. The van der Waals surface area contributed by atoms with Crippen molar-refractivity contribution in [2.75, 3.05) is 19.0 Å². The molecule has 1 fully saturated rings. The molecule has 0 bridgehead atoms. The normalized spacial score (nSPS) is 24.4. The number of hydrogen-bond acceptors (Lipinski definition) is 3. The van der Waals surface area contributed by atoms with Gasteiger partial charge in [0.05, 0.1) is 23.9 Å². The first kappa shape index (κ1) is 21.1. The number of amides is 1. The van der Waals surface area contributed by atoms with E-state index in [0.29, 0.717) is 24.5 Å². The van der Waals surface area contributed by atoms with E-state index in [4.69, 9.17) is 4.74 Å². The fourth-order valence-electron chi connectivity index (χ4n) is 5.89. The molecule has 1 saturated carbocycles. The molecule has 4 nitrogen and oxygen atoms in total. The minimum absolute atomic E-state index is 0.145. The highest BCUT2D eigenvalue weighted by Gasteiger charge is 2.39. The van der Waals surface area contributed by atoms with Gasteiger partial charge in [0, 0.05) is 19.0 Å². The van der Waals surface area contributed by atoms with Gasteiger partial charge in [-0.3, -0.25) is 4.79 Å². The van der Waals surface area contributed by atoms with E-state index in [1.807, 2.05) is 24.9 Å². The Balaban J connectivity index is 1.47. The van der Waals surface area contributed by atoms with Gasteiger partial charge in [0.2, 0.25) is 0 Å². The lowest BCUT2D eigenvalue weighted by Gasteiger charge is -2.39. The van der Waals surface area contributed by atoms with Crippen LogP contribution in [0.25, 0.3) is 0 Å². The van der Waals surface area contributed by atoms with Crippen LogP contribution in [0.3, 0.4) is 0 Å². The molecule has 5 rings (SSSR count). The van der Waals surface area contributed by atoms with Crippen LogP contribution >= 0.6 is 0 Å². The maximum atomic E-state index is 13.6. The Hall–Kier alpha value is -2.75. The molecular weight excluding hydrogens is 396 g/mol. The molecule has 32 heavy (non-hydrogen) atoms. The summed E-state index contributed by atoms with van der Waals surface area (Å²) in [4.78, 5) is 15.6. The summed E-state index contributed by atoms with van der Waals surface area (Å²) in [5.41, 5.74) is 4.34. The third-order valence-electron chi connectivity index (χ3n) is 7.62. The van der Waals surface area contributed by atoms with Crippen LogP contribution in [0, 0.1) is 5.92 Å². The topological polar surface area (TPSA) is 41.6 Å². The molecule has 0 saturated heterocycles. The fraction of sp³-hybridized carbons (Fsp3) is 0.464. The molecule has 2 aromatic rings. The summed E-state index contributed by atoms with van der Waals surface area (Å²) in [6.45, 7) is 2.67. The Bertz CT molecular complexity index is 991. The Morgan fingerprint density at radius 1 is 1.09 bits per heavy atom. The first-order chi connectivity index (χ1) is 15.7. The van der Waals surface area contributed by atoms with Gasteiger partial charge in [0.1, 0.15) is 5.75 Å². The highest BCUT2D eigenvalue weighted by Crippen LogP contribution is 2.51. The first-order valence-electron chi connectivity index (χ1n) is 12.2. The molecule has 3 atom stereocenters. The number of fused-ring (bicyclic) bond motifs is 3. The van der Waals surface area contributed by atoms with Crippen molar-refractivity contribution in [2.24, 2.45) is 5.92 Å². The smallest absolute Gasteiger partial charge is 0.255 e. The van der Waals surface area contributed by atoms with E-state index in [2.05, 4.69) is 53.9 Å². The predicted octanol–water partition coefficient (Wildman–Crippen LogP) is 6.32. The third kappa shape index (κ3) is 3.80. The lowest BCUT2D eigenvalue weighted by Crippen LogP contribution is -2.39. The zero-order valence-electron chi connectivity index (χ0n) is 19.2. The van der Waals surface area contributed by atoms with Gasteiger partial charge in [-0.1, -0.05) is 55.7 Å². The van der Waals surface area contributed by atoms with Gasteiger partial charge in [-0.15, -0.1) is 0 Å². The highest BCUT2D eigenvalue weighted by molar-refractivity contribution is 6.01. The number of allylic oxidation sites excluding steroid dienone is 2. The average Bonchev–Trinajstić information content (AvgIpc) is 3.34. The van der Waals surface area contributed by atoms with Gasteiger partial charge >= 0.3 is 0 Å². The molecule has 0 spiro atoms. The van der Waals surface area contributed by atoms with E-state index in [-0.39, 0.29) is 11.9 Å². The van der Waals surface area contributed by atoms with Crippen molar-refractivity contribution in [3.8, 4) is 5.75 Å². The van der Waals surface area contributed by atoms with E-state index in [1.54, 1.807) is 0 Å². The molecular formula is C28H34N2O2. The second-order valence-electron chi connectivity index (χ2n) is 9.46. The van der Waals surface area contributed by atoms with Crippen LogP contribution < -0.4 is 10.1 Å². The van der Waals surface area contributed by atoms with E-state index < -0.39 is 0 Å². The number of anilines is 1. The summed E-state index contributed by atoms with van der Waals surface area (Å²) in [6.07, 6.45) is 11.7. The van der Waals surface area contributed by atoms with Crippen LogP contribution in [0.4, 0.5) is 5.69 Å². The summed E-state index contributed by atoms with van der Waals surface area (Å²) in [5, 5.41) is 3.82. The van der Waals surface area contributed by atoms with Gasteiger partial charge in [-0.05, 0) is 61.4 Å². The standard InChI is InChI=1S/C28H34N2O2/c1-3-32-21-17-15-19(16-18-21)26-23-12-7-11-22(23)24-13-8-14-25(27(24)29-26)28(31)30(2)20-9-5-4-6-10-20/h7-8,11,13-18,20,22-23,26,29H,3-6,9-10,12H2,1-2H3. The number of nitrogens with one attached hydrogen (secondary N) is 1. The number of rotatable bonds is 5. The second kappa shape index (κ2) is 9.01. The molecule has 3 aliphatic rings. The number of ether oxygens (including phenoxy) is 1. The molecule has 2 aliphatic carbocycles. The Kier molecular flexibility index (Phi) is 5.95. The maximum absolute atomic E-state index is 13.6. The molecule has 1 amide bonds. The summed E-state index contributed by atoms with van der Waals surface area (Å²) >= 11 is 0. The SMILES string of the molecule is CCOc1ccc(C2Nc3c(C(=O)N(C)C4CCCCC4)cccc3C3C=CCC32)cc1. The molecule has 168 valence electrons. The zero-order valence-corrected chi connectivity index (χ0v) is 19.2. The van der Waals surface area contributed by atoms with Gasteiger partial charge < -0.3 is 15.0 Å². The molecule has 1 heterocycles. The third-order valence-corrected chi connectivity index (χ3v) is 7.62. The lowest BCUT2D eigenvalue weighted by atomic mass is 9.76. The average molecular weight is 431 g/mol. The quantitative estimate of drug-likeness (QED) is 0.565. The Labute approximate surface area is 191 Å². The molecule has 2 aromatic carbocycles. The number of para-hydroxylation sites is 1. The van der Waals surface area contributed by atoms with Crippen LogP contribution in [-0.2, 0) is 0 Å². The Morgan fingerprint density at radius 3 is 2.62 bits per heavy atom. The van der Waals surface area contributed by atoms with E-state index in [0.717, 1.165) is 36.3 Å². The van der Waals surface area contributed by atoms with E-state index >= 15 is 0 Å². The number of carbonyl (C=O) groups is 1. The summed E-state index contributed by atoms with van der Waals surface area (Å²) < 4.78 is 5.64. The van der Waals surface area contributed by atoms with Crippen molar-refractivity contribution in [2.45, 2.75) is 63.5 Å². The fourth-order valence-corrected chi connectivity index (χ4v) is 5.89. The number of benzene rings is 2. The maximum Gasteiger partial charge on any atom is 0.255 e. The van der Waals surface area contributed by atoms with Gasteiger partial charge in [0.25, 0.3) is 5.91 Å². The number of hydrogen-bond donors (Lipinski definition) is 1. The van der Waals surface area contributed by atoms with Crippen LogP contribution in [-0.4, -0.2) is 30.5 Å². The largest absolute Gasteiger partial charge is 0.494 e. The molecule has 0 aromatic heterocycles. The summed E-state index contributed by atoms with van der Waals surface area (Å²) in [7, 11) is 1.99. The van der Waals surface area contributed by atoms with E-state index in [9.17, 15) is 4.79 Å². The summed E-state index contributed by atoms with van der Waals surface area (Å²) in [6, 6.07) is 15.2. The predicted molar refractivity (Wildman–Crippen MR) is 129 cm³/mol. The number of carbonyl (C=O) groups excluding carboxylic acids is 1. The lowest BCUT2D eigenvalue weighted by molar-refractivity contribution is 0.0697. The number of nitrogens with zero attached hydrogens (tertiary/aromatic N) is 1. The van der Waals surface area contributed by atoms with Crippen molar-refractivity contribution in [3.05, 3.63) is 71.3 Å². The molecule has 1 aliphatic heterocycles. The minimum Gasteiger partial charge on any atom is -0.494 e. The summed E-state index contributed by atoms with van der Waals surface area (Å²) in [5.74, 6) is 1.85. The zero-order chi connectivity index (χ0) is 22.1. The molecule has 1 N–H and O–H groups in total. The first-order valence-corrected chi connectivity index (χ1v) is 12.2. The van der Waals surface area contributed by atoms with Crippen LogP contribution in [0.2, 0.25) is 0 Å². The monoisotopic (exact) mass is 430 g/mol. The van der Waals surface area contributed by atoms with Crippen molar-refractivity contribution >= 4 is 11.6 Å². The molecule has 3 unspecified atom stereocenters. The molecule has 0 radical (unpaired) electrons.